The Morgan fingerprint density at radius 3 is 2.69 bits per heavy atom. The van der Waals surface area contributed by atoms with E-state index in [1.54, 1.807) is 0 Å². The van der Waals surface area contributed by atoms with Crippen LogP contribution in [-0.2, 0) is 23.9 Å². The first kappa shape index (κ1) is 19.7. The number of anilines is 2. The summed E-state index contributed by atoms with van der Waals surface area (Å²) in [5.74, 6) is 0.0483. The molecule has 154 valence electrons. The van der Waals surface area contributed by atoms with Crippen LogP contribution in [0.2, 0.25) is 0 Å². The summed E-state index contributed by atoms with van der Waals surface area (Å²) in [6.45, 7) is 0.703. The fourth-order valence-corrected chi connectivity index (χ4v) is 4.30. The van der Waals surface area contributed by atoms with Crippen LogP contribution < -0.4 is 10.6 Å². The molecule has 1 aromatic heterocycles. The lowest BCUT2D eigenvalue weighted by atomic mass is 9.85. The van der Waals surface area contributed by atoms with Crippen molar-refractivity contribution in [2.75, 3.05) is 17.2 Å². The van der Waals surface area contributed by atoms with Gasteiger partial charge in [-0.25, -0.2) is 9.78 Å². The summed E-state index contributed by atoms with van der Waals surface area (Å²) in [6.07, 6.45) is -1.06. The van der Waals surface area contributed by atoms with Gasteiger partial charge in [-0.2, -0.15) is 13.2 Å². The fourth-order valence-electron chi connectivity index (χ4n) is 3.28. The van der Waals surface area contributed by atoms with Crippen molar-refractivity contribution in [3.63, 3.8) is 0 Å². The largest absolute Gasteiger partial charge is 0.416 e. The second-order valence-corrected chi connectivity index (χ2v) is 8.27. The van der Waals surface area contributed by atoms with E-state index in [-0.39, 0.29) is 17.5 Å². The zero-order valence-electron chi connectivity index (χ0n) is 15.4. The topological polar surface area (TPSA) is 74.3 Å². The summed E-state index contributed by atoms with van der Waals surface area (Å²) in [4.78, 5) is 31.4. The van der Waals surface area contributed by atoms with Gasteiger partial charge >= 0.3 is 12.2 Å². The molecule has 0 radical (unpaired) electrons. The van der Waals surface area contributed by atoms with Crippen LogP contribution in [0.25, 0.3) is 0 Å². The van der Waals surface area contributed by atoms with E-state index >= 15 is 0 Å². The summed E-state index contributed by atoms with van der Waals surface area (Å²) in [5.41, 5.74) is 0.126. The van der Waals surface area contributed by atoms with E-state index in [1.165, 1.54) is 28.4 Å². The Morgan fingerprint density at radius 1 is 1.21 bits per heavy atom. The summed E-state index contributed by atoms with van der Waals surface area (Å²) < 4.78 is 38.5. The Labute approximate surface area is 169 Å². The van der Waals surface area contributed by atoms with Crippen LogP contribution >= 0.6 is 11.3 Å². The molecule has 0 bridgehead atoms. The average molecular weight is 424 g/mol. The third-order valence-electron chi connectivity index (χ3n) is 5.17. The molecule has 0 saturated heterocycles. The number of nitrogens with one attached hydrogen (secondary N) is 2. The first-order chi connectivity index (χ1) is 13.8. The second kappa shape index (κ2) is 7.66. The van der Waals surface area contributed by atoms with Crippen LogP contribution in [0.5, 0.6) is 0 Å². The lowest BCUT2D eigenvalue weighted by Gasteiger charge is -2.26. The molecule has 0 unspecified atom stereocenters. The van der Waals surface area contributed by atoms with Gasteiger partial charge in [0.25, 0.3) is 0 Å². The molecule has 1 fully saturated rings. The van der Waals surface area contributed by atoms with E-state index < -0.39 is 17.8 Å². The number of amides is 3. The van der Waals surface area contributed by atoms with Crippen molar-refractivity contribution >= 4 is 34.1 Å². The number of carbonyl (C=O) groups excluding carboxylic acids is 2. The van der Waals surface area contributed by atoms with Crippen LogP contribution in [0.1, 0.15) is 35.4 Å². The predicted octanol–water partition coefficient (Wildman–Crippen LogP) is 4.49. The number of aromatic nitrogens is 1. The SMILES string of the molecule is O=C(Nc1nc2c(s1)CN(C(=O)Nc1cccc(C(F)(F)F)c1)CC2)C1CCC1. The highest BCUT2D eigenvalue weighted by Crippen LogP contribution is 2.33. The Hall–Kier alpha value is -2.62. The molecule has 29 heavy (non-hydrogen) atoms. The van der Waals surface area contributed by atoms with Gasteiger partial charge in [0.05, 0.1) is 17.8 Å². The number of nitrogens with zero attached hydrogens (tertiary/aromatic N) is 2. The van der Waals surface area contributed by atoms with E-state index in [0.717, 1.165) is 42.0 Å². The monoisotopic (exact) mass is 424 g/mol. The van der Waals surface area contributed by atoms with Gasteiger partial charge in [-0.1, -0.05) is 23.8 Å². The van der Waals surface area contributed by atoms with Crippen LogP contribution in [0.4, 0.5) is 28.8 Å². The van der Waals surface area contributed by atoms with E-state index in [1.807, 2.05) is 0 Å². The van der Waals surface area contributed by atoms with Crippen molar-refractivity contribution in [1.82, 2.24) is 9.88 Å². The quantitative estimate of drug-likeness (QED) is 0.762. The van der Waals surface area contributed by atoms with Crippen molar-refractivity contribution in [3.8, 4) is 0 Å². The number of hydrogen-bond donors (Lipinski definition) is 2. The number of fused-ring (bicyclic) bond motifs is 1. The van der Waals surface area contributed by atoms with Gasteiger partial charge in [0.2, 0.25) is 5.91 Å². The molecule has 2 aliphatic rings. The smallest absolute Gasteiger partial charge is 0.319 e. The summed E-state index contributed by atoms with van der Waals surface area (Å²) in [7, 11) is 0. The molecule has 2 aromatic rings. The molecular formula is C19H19F3N4O2S. The maximum atomic E-state index is 12.8. The Kier molecular flexibility index (Phi) is 5.20. The maximum absolute atomic E-state index is 12.8. The van der Waals surface area contributed by atoms with Crippen molar-refractivity contribution in [1.29, 1.82) is 0 Å². The molecular weight excluding hydrogens is 405 g/mol. The number of halogens is 3. The third kappa shape index (κ3) is 4.36. The fraction of sp³-hybridized carbons (Fsp3) is 0.421. The molecule has 1 aliphatic carbocycles. The molecule has 3 amide bonds. The molecule has 2 heterocycles. The van der Waals surface area contributed by atoms with E-state index in [4.69, 9.17) is 0 Å². The zero-order valence-corrected chi connectivity index (χ0v) is 16.2. The number of hydrogen-bond acceptors (Lipinski definition) is 4. The maximum Gasteiger partial charge on any atom is 0.416 e. The summed E-state index contributed by atoms with van der Waals surface area (Å²) >= 11 is 1.34. The molecule has 10 heteroatoms. The highest BCUT2D eigenvalue weighted by atomic mass is 32.1. The zero-order chi connectivity index (χ0) is 20.6. The molecule has 0 atom stereocenters. The van der Waals surface area contributed by atoms with Crippen molar-refractivity contribution in [3.05, 3.63) is 40.4 Å². The van der Waals surface area contributed by atoms with Crippen LogP contribution in [0.3, 0.4) is 0 Å². The Balaban J connectivity index is 1.39. The predicted molar refractivity (Wildman–Crippen MR) is 103 cm³/mol. The molecule has 4 rings (SSSR count). The Bertz CT molecular complexity index is 940. The first-order valence-electron chi connectivity index (χ1n) is 9.32. The van der Waals surface area contributed by atoms with Gasteiger partial charge in [-0.15, -0.1) is 0 Å². The number of thiazole rings is 1. The third-order valence-corrected chi connectivity index (χ3v) is 6.16. The first-order valence-corrected chi connectivity index (χ1v) is 10.1. The lowest BCUT2D eigenvalue weighted by Crippen LogP contribution is -2.38. The van der Waals surface area contributed by atoms with Crippen molar-refractivity contribution in [2.45, 2.75) is 38.4 Å². The van der Waals surface area contributed by atoms with E-state index in [0.29, 0.717) is 24.6 Å². The molecule has 6 nitrogen and oxygen atoms in total. The molecule has 0 spiro atoms. The van der Waals surface area contributed by atoms with Gasteiger partial charge in [-0.05, 0) is 31.0 Å². The van der Waals surface area contributed by atoms with Crippen molar-refractivity contribution in [2.24, 2.45) is 5.92 Å². The molecule has 1 aromatic carbocycles. The van der Waals surface area contributed by atoms with Crippen LogP contribution in [-0.4, -0.2) is 28.4 Å². The van der Waals surface area contributed by atoms with Gasteiger partial charge in [0.15, 0.2) is 5.13 Å². The standard InChI is InChI=1S/C19H19F3N4O2S/c20-19(21,22)12-5-2-6-13(9-12)23-18(28)26-8-7-14-15(10-26)29-17(24-14)25-16(27)11-3-1-4-11/h2,5-6,9,11H,1,3-4,7-8,10H2,(H,23,28)(H,24,25,27). The number of carbonyl (C=O) groups is 2. The van der Waals surface area contributed by atoms with E-state index in [2.05, 4.69) is 15.6 Å². The van der Waals surface area contributed by atoms with Gasteiger partial charge in [-0.3, -0.25) is 4.79 Å². The van der Waals surface area contributed by atoms with Crippen LogP contribution in [0.15, 0.2) is 24.3 Å². The highest BCUT2D eigenvalue weighted by Gasteiger charge is 2.31. The highest BCUT2D eigenvalue weighted by molar-refractivity contribution is 7.15. The summed E-state index contributed by atoms with van der Waals surface area (Å²) in [5, 5.41) is 5.91. The molecule has 1 saturated carbocycles. The normalized spacial score (nSPS) is 16.7. The second-order valence-electron chi connectivity index (χ2n) is 7.19. The average Bonchev–Trinajstić information content (AvgIpc) is 3.00. The number of urea groups is 1. The van der Waals surface area contributed by atoms with Crippen LogP contribution in [0, 0.1) is 5.92 Å². The van der Waals surface area contributed by atoms with Gasteiger partial charge < -0.3 is 15.5 Å². The number of benzene rings is 1. The van der Waals surface area contributed by atoms with E-state index in [9.17, 15) is 22.8 Å². The minimum Gasteiger partial charge on any atom is -0.319 e. The number of alkyl halides is 3. The molecule has 2 N–H and O–H groups in total. The minimum absolute atomic E-state index is 0.0125. The lowest BCUT2D eigenvalue weighted by molar-refractivity contribution is -0.137. The van der Waals surface area contributed by atoms with Gasteiger partial charge in [0.1, 0.15) is 0 Å². The summed E-state index contributed by atoms with van der Waals surface area (Å²) in [6, 6.07) is 4.08. The number of rotatable bonds is 3. The van der Waals surface area contributed by atoms with Crippen molar-refractivity contribution < 1.29 is 22.8 Å². The minimum atomic E-state index is -4.47. The Morgan fingerprint density at radius 2 is 2.00 bits per heavy atom. The van der Waals surface area contributed by atoms with Gasteiger partial charge in [0, 0.05) is 29.4 Å². The molecule has 1 aliphatic heterocycles.